The maximum Gasteiger partial charge on any atom is 0.330 e. The van der Waals surface area contributed by atoms with E-state index in [1.165, 1.54) is 0 Å². The molecule has 4 heteroatoms. The van der Waals surface area contributed by atoms with Gasteiger partial charge in [0.1, 0.15) is 5.60 Å². The van der Waals surface area contributed by atoms with Gasteiger partial charge in [-0.2, -0.15) is 0 Å². The van der Waals surface area contributed by atoms with Crippen LogP contribution >= 0.6 is 0 Å². The first-order valence-corrected chi connectivity index (χ1v) is 6.11. The van der Waals surface area contributed by atoms with Gasteiger partial charge in [-0.05, 0) is 39.0 Å². The Morgan fingerprint density at radius 2 is 1.78 bits per heavy atom. The van der Waals surface area contributed by atoms with Crippen LogP contribution in [0.15, 0.2) is 11.6 Å². The summed E-state index contributed by atoms with van der Waals surface area (Å²) in [5.74, 6) is -1.48. The van der Waals surface area contributed by atoms with E-state index in [4.69, 9.17) is 9.84 Å². The molecule has 0 radical (unpaired) electrons. The number of carbonyl (C=O) groups excluding carboxylic acids is 1. The molecule has 0 bridgehead atoms. The maximum atomic E-state index is 12.0. The number of hydrogen-bond donors (Lipinski definition) is 1. The molecule has 1 saturated carbocycles. The van der Waals surface area contributed by atoms with Gasteiger partial charge in [-0.25, -0.2) is 4.79 Å². The zero-order chi connectivity index (χ0) is 14.3. The van der Waals surface area contributed by atoms with Gasteiger partial charge < -0.3 is 9.84 Å². The molecule has 2 atom stereocenters. The lowest BCUT2D eigenvalue weighted by atomic mass is 10.1. The number of esters is 1. The van der Waals surface area contributed by atoms with Crippen molar-refractivity contribution in [1.82, 2.24) is 0 Å². The molecular formula is C14H22O4. The fourth-order valence-corrected chi connectivity index (χ4v) is 2.14. The van der Waals surface area contributed by atoms with Gasteiger partial charge in [-0.1, -0.05) is 19.9 Å². The first-order valence-electron chi connectivity index (χ1n) is 6.11. The Bertz CT molecular complexity index is 399. The summed E-state index contributed by atoms with van der Waals surface area (Å²) < 4.78 is 5.35. The summed E-state index contributed by atoms with van der Waals surface area (Å²) in [6.07, 6.45) is 1.66. The number of hydrogen-bond acceptors (Lipinski definition) is 3. The van der Waals surface area contributed by atoms with E-state index in [0.717, 1.165) is 0 Å². The molecule has 1 fully saturated rings. The number of ether oxygens (including phenoxy) is 1. The van der Waals surface area contributed by atoms with E-state index in [1.807, 2.05) is 34.6 Å². The van der Waals surface area contributed by atoms with Crippen LogP contribution in [0.1, 0.15) is 41.5 Å². The van der Waals surface area contributed by atoms with Crippen LogP contribution in [0.3, 0.4) is 0 Å². The number of allylic oxidation sites excluding steroid dienone is 1. The summed E-state index contributed by atoms with van der Waals surface area (Å²) in [7, 11) is 0. The fourth-order valence-electron chi connectivity index (χ4n) is 2.14. The van der Waals surface area contributed by atoms with Crippen LogP contribution < -0.4 is 0 Å². The van der Waals surface area contributed by atoms with Crippen molar-refractivity contribution >= 4 is 11.9 Å². The van der Waals surface area contributed by atoms with Gasteiger partial charge in [0, 0.05) is 5.57 Å². The van der Waals surface area contributed by atoms with Crippen LogP contribution in [-0.4, -0.2) is 22.6 Å². The van der Waals surface area contributed by atoms with Gasteiger partial charge in [0.25, 0.3) is 0 Å². The molecule has 0 saturated heterocycles. The predicted molar refractivity (Wildman–Crippen MR) is 68.0 cm³/mol. The largest absolute Gasteiger partial charge is 0.478 e. The zero-order valence-electron chi connectivity index (χ0n) is 11.9. The van der Waals surface area contributed by atoms with E-state index < -0.39 is 11.6 Å². The van der Waals surface area contributed by atoms with Crippen molar-refractivity contribution < 1.29 is 19.4 Å². The van der Waals surface area contributed by atoms with Crippen LogP contribution in [0, 0.1) is 17.3 Å². The highest BCUT2D eigenvalue weighted by molar-refractivity contribution is 5.86. The third kappa shape index (κ3) is 3.12. The van der Waals surface area contributed by atoms with E-state index in [0.29, 0.717) is 0 Å². The third-order valence-corrected chi connectivity index (χ3v) is 3.34. The Balaban J connectivity index is 2.79. The molecule has 0 aliphatic heterocycles. The molecule has 0 aromatic rings. The monoisotopic (exact) mass is 254 g/mol. The molecule has 1 aliphatic carbocycles. The summed E-state index contributed by atoms with van der Waals surface area (Å²) in [5, 5.41) is 8.86. The molecule has 0 aromatic heterocycles. The molecular weight excluding hydrogens is 232 g/mol. The number of carbonyl (C=O) groups is 2. The zero-order valence-corrected chi connectivity index (χ0v) is 11.9. The molecule has 102 valence electrons. The standard InChI is InChI=1S/C14H22O4/c1-8(11(15)16)7-9-10(14(9,5)6)12(17)18-13(2,3)4/h7,9-10H,1-6H3,(H,15,16). The minimum atomic E-state index is -0.944. The van der Waals surface area contributed by atoms with Crippen molar-refractivity contribution in [3.8, 4) is 0 Å². The van der Waals surface area contributed by atoms with Gasteiger partial charge in [0.05, 0.1) is 5.92 Å². The number of carboxylic acid groups (broad SMARTS) is 1. The minimum absolute atomic E-state index is 0.0524. The second-order valence-corrected chi connectivity index (χ2v) is 6.51. The van der Waals surface area contributed by atoms with Gasteiger partial charge >= 0.3 is 11.9 Å². The molecule has 0 amide bonds. The second-order valence-electron chi connectivity index (χ2n) is 6.51. The predicted octanol–water partition coefficient (Wildman–Crippen LogP) is 2.63. The first kappa shape index (κ1) is 14.7. The normalized spacial score (nSPS) is 26.7. The van der Waals surface area contributed by atoms with Crippen molar-refractivity contribution in [1.29, 1.82) is 0 Å². The van der Waals surface area contributed by atoms with Gasteiger partial charge in [0.2, 0.25) is 0 Å². The number of aliphatic carboxylic acids is 1. The molecule has 18 heavy (non-hydrogen) atoms. The molecule has 4 nitrogen and oxygen atoms in total. The van der Waals surface area contributed by atoms with Gasteiger partial charge in [-0.3, -0.25) is 4.79 Å². The van der Waals surface area contributed by atoms with Crippen LogP contribution in [0.4, 0.5) is 0 Å². The smallest absolute Gasteiger partial charge is 0.330 e. The Morgan fingerprint density at radius 1 is 1.28 bits per heavy atom. The van der Waals surface area contributed by atoms with Crippen LogP contribution in [0.5, 0.6) is 0 Å². The molecule has 1 N–H and O–H groups in total. The molecule has 0 aromatic carbocycles. The van der Waals surface area contributed by atoms with Crippen molar-refractivity contribution in [3.63, 3.8) is 0 Å². The Kier molecular flexibility index (Phi) is 3.61. The van der Waals surface area contributed by atoms with Crippen LogP contribution in [0.25, 0.3) is 0 Å². The average Bonchev–Trinajstić information content (AvgIpc) is 2.64. The average molecular weight is 254 g/mol. The SMILES string of the molecule is CC(=CC1C(C(=O)OC(C)(C)C)C1(C)C)C(=O)O. The van der Waals surface area contributed by atoms with Gasteiger partial charge in [-0.15, -0.1) is 0 Å². The summed E-state index contributed by atoms with van der Waals surface area (Å²) in [6, 6.07) is 0. The van der Waals surface area contributed by atoms with Crippen molar-refractivity contribution in [2.75, 3.05) is 0 Å². The molecule has 2 unspecified atom stereocenters. The highest BCUT2D eigenvalue weighted by atomic mass is 16.6. The van der Waals surface area contributed by atoms with Crippen LogP contribution in [0.2, 0.25) is 0 Å². The summed E-state index contributed by atoms with van der Waals surface area (Å²) >= 11 is 0. The van der Waals surface area contributed by atoms with E-state index in [2.05, 4.69) is 0 Å². The number of rotatable bonds is 3. The summed E-state index contributed by atoms with van der Waals surface area (Å²) in [6.45, 7) is 10.9. The molecule has 0 heterocycles. The highest BCUT2D eigenvalue weighted by Gasteiger charge is 2.62. The lowest BCUT2D eigenvalue weighted by molar-refractivity contribution is -0.157. The number of carboxylic acids is 1. The second kappa shape index (κ2) is 4.41. The Labute approximate surface area is 108 Å². The van der Waals surface area contributed by atoms with Crippen molar-refractivity contribution in [2.24, 2.45) is 17.3 Å². The van der Waals surface area contributed by atoms with Gasteiger partial charge in [0.15, 0.2) is 0 Å². The topological polar surface area (TPSA) is 63.6 Å². The maximum absolute atomic E-state index is 12.0. The fraction of sp³-hybridized carbons (Fsp3) is 0.714. The summed E-state index contributed by atoms with van der Waals surface area (Å²) in [4.78, 5) is 22.8. The molecule has 0 spiro atoms. The van der Waals surface area contributed by atoms with E-state index in [9.17, 15) is 9.59 Å². The Morgan fingerprint density at radius 3 is 2.17 bits per heavy atom. The summed E-state index contributed by atoms with van der Waals surface area (Å²) in [5.41, 5.74) is -0.454. The van der Waals surface area contributed by atoms with E-state index in [1.54, 1.807) is 13.0 Å². The quantitative estimate of drug-likeness (QED) is 0.621. The third-order valence-electron chi connectivity index (χ3n) is 3.34. The first-order chi connectivity index (χ1) is 7.97. The van der Waals surface area contributed by atoms with E-state index >= 15 is 0 Å². The van der Waals surface area contributed by atoms with E-state index in [-0.39, 0.29) is 28.8 Å². The molecule has 1 rings (SSSR count). The minimum Gasteiger partial charge on any atom is -0.478 e. The van der Waals surface area contributed by atoms with Crippen molar-refractivity contribution in [3.05, 3.63) is 11.6 Å². The highest BCUT2D eigenvalue weighted by Crippen LogP contribution is 2.60. The lowest BCUT2D eigenvalue weighted by Crippen LogP contribution is -2.26. The Hall–Kier alpha value is -1.32. The van der Waals surface area contributed by atoms with Crippen LogP contribution in [-0.2, 0) is 14.3 Å². The van der Waals surface area contributed by atoms with Crippen molar-refractivity contribution in [2.45, 2.75) is 47.1 Å². The lowest BCUT2D eigenvalue weighted by Gasteiger charge is -2.19. The molecule has 1 aliphatic rings.